The first kappa shape index (κ1) is 11.7. The minimum absolute atomic E-state index is 0. The van der Waals surface area contributed by atoms with Crippen LogP contribution in [0.1, 0.15) is 20.3 Å². The van der Waals surface area contributed by atoms with Gasteiger partial charge in [-0.2, -0.15) is 0 Å². The van der Waals surface area contributed by atoms with E-state index in [4.69, 9.17) is 10.6 Å². The van der Waals surface area contributed by atoms with Crippen LogP contribution in [-0.4, -0.2) is 18.1 Å². The molecule has 1 aliphatic rings. The molecule has 1 fully saturated rings. The molecule has 5 heteroatoms. The number of carbonyl (C=O) groups excluding carboxylic acids is 1. The number of hydrogen-bond donors (Lipinski definition) is 2. The Labute approximate surface area is 78.2 Å². The molecule has 0 aliphatic carbocycles. The average molecular weight is 195 g/mol. The van der Waals surface area contributed by atoms with Gasteiger partial charge in [0.2, 0.25) is 5.91 Å². The van der Waals surface area contributed by atoms with Crippen molar-refractivity contribution in [3.63, 3.8) is 0 Å². The highest BCUT2D eigenvalue weighted by molar-refractivity contribution is 5.85. The summed E-state index contributed by atoms with van der Waals surface area (Å²) in [6.45, 7) is 4.42. The second-order valence-corrected chi connectivity index (χ2v) is 3.48. The molecule has 0 saturated carbocycles. The monoisotopic (exact) mass is 194 g/mol. The summed E-state index contributed by atoms with van der Waals surface area (Å²) >= 11 is 0. The summed E-state index contributed by atoms with van der Waals surface area (Å²) in [5.41, 5.74) is 1.96. The Morgan fingerprint density at radius 1 is 1.67 bits per heavy atom. The number of nitrogens with one attached hydrogen (secondary N) is 1. The fourth-order valence-corrected chi connectivity index (χ4v) is 1.32. The van der Waals surface area contributed by atoms with E-state index >= 15 is 0 Å². The highest BCUT2D eigenvalue weighted by atomic mass is 35.5. The third kappa shape index (κ3) is 2.62. The fraction of sp³-hybridized carbons (Fsp3) is 0.857. The molecule has 1 heterocycles. The van der Waals surface area contributed by atoms with Gasteiger partial charge in [-0.15, -0.1) is 12.4 Å². The zero-order valence-electron chi connectivity index (χ0n) is 7.29. The molecule has 0 spiro atoms. The predicted molar refractivity (Wildman–Crippen MR) is 47.7 cm³/mol. The van der Waals surface area contributed by atoms with Crippen LogP contribution in [0.3, 0.4) is 0 Å². The van der Waals surface area contributed by atoms with Crippen molar-refractivity contribution in [1.29, 1.82) is 0 Å². The van der Waals surface area contributed by atoms with E-state index in [1.807, 2.05) is 13.8 Å². The van der Waals surface area contributed by atoms with Crippen LogP contribution in [0.15, 0.2) is 0 Å². The summed E-state index contributed by atoms with van der Waals surface area (Å²) in [5.74, 6) is 4.78. The van der Waals surface area contributed by atoms with Crippen LogP contribution in [0.25, 0.3) is 0 Å². The van der Waals surface area contributed by atoms with Gasteiger partial charge in [0.05, 0.1) is 18.1 Å². The van der Waals surface area contributed by atoms with Crippen LogP contribution >= 0.6 is 12.4 Å². The standard InChI is InChI=1S/C7H14N2O2.ClH/c1-7(2)3-5(4-11-7)6(10)9-8;/h5H,3-4,8H2,1-2H3,(H,9,10);1H/t5-;/m1./s1. The molecule has 72 valence electrons. The van der Waals surface area contributed by atoms with Crippen LogP contribution < -0.4 is 11.3 Å². The summed E-state index contributed by atoms with van der Waals surface area (Å²) in [7, 11) is 0. The highest BCUT2D eigenvalue weighted by Gasteiger charge is 2.35. The van der Waals surface area contributed by atoms with E-state index in [0.717, 1.165) is 6.42 Å². The van der Waals surface area contributed by atoms with Gasteiger partial charge < -0.3 is 4.74 Å². The van der Waals surface area contributed by atoms with Gasteiger partial charge in [0.1, 0.15) is 0 Å². The van der Waals surface area contributed by atoms with E-state index in [0.29, 0.717) is 6.61 Å². The van der Waals surface area contributed by atoms with Gasteiger partial charge in [0.25, 0.3) is 0 Å². The minimum atomic E-state index is -0.169. The summed E-state index contributed by atoms with van der Waals surface area (Å²) in [5, 5.41) is 0. The predicted octanol–water partition coefficient (Wildman–Crippen LogP) is 0.213. The van der Waals surface area contributed by atoms with Gasteiger partial charge in [0, 0.05) is 0 Å². The summed E-state index contributed by atoms with van der Waals surface area (Å²) in [4.78, 5) is 11.0. The molecule has 1 atom stereocenters. The van der Waals surface area contributed by atoms with Crippen LogP contribution in [0, 0.1) is 5.92 Å². The minimum Gasteiger partial charge on any atom is -0.375 e. The molecule has 0 radical (unpaired) electrons. The van der Waals surface area contributed by atoms with Gasteiger partial charge in [-0.05, 0) is 20.3 Å². The molecular formula is C7H15ClN2O2. The lowest BCUT2D eigenvalue weighted by molar-refractivity contribution is -0.125. The number of amides is 1. The zero-order chi connectivity index (χ0) is 8.48. The molecule has 1 saturated heterocycles. The van der Waals surface area contributed by atoms with E-state index in [1.165, 1.54) is 0 Å². The first-order valence-corrected chi connectivity index (χ1v) is 3.69. The highest BCUT2D eigenvalue weighted by Crippen LogP contribution is 2.28. The van der Waals surface area contributed by atoms with E-state index in [-0.39, 0.29) is 29.8 Å². The lowest BCUT2D eigenvalue weighted by Gasteiger charge is -2.15. The Hall–Kier alpha value is -0.320. The number of halogens is 1. The number of hydrogen-bond acceptors (Lipinski definition) is 3. The maximum absolute atomic E-state index is 11.0. The summed E-state index contributed by atoms with van der Waals surface area (Å²) in [6, 6.07) is 0. The van der Waals surface area contributed by atoms with Crippen molar-refractivity contribution in [2.45, 2.75) is 25.9 Å². The Morgan fingerprint density at radius 2 is 2.25 bits per heavy atom. The van der Waals surface area contributed by atoms with E-state index in [9.17, 15) is 4.79 Å². The molecule has 3 N–H and O–H groups in total. The normalized spacial score (nSPS) is 26.1. The maximum atomic E-state index is 11.0. The Morgan fingerprint density at radius 3 is 2.58 bits per heavy atom. The third-order valence-electron chi connectivity index (χ3n) is 1.93. The Kier molecular flexibility index (Phi) is 3.96. The largest absolute Gasteiger partial charge is 0.375 e. The van der Waals surface area contributed by atoms with Crippen molar-refractivity contribution in [3.8, 4) is 0 Å². The topological polar surface area (TPSA) is 64.4 Å². The lowest BCUT2D eigenvalue weighted by Crippen LogP contribution is -2.36. The smallest absolute Gasteiger partial charge is 0.239 e. The van der Waals surface area contributed by atoms with Gasteiger partial charge in [-0.1, -0.05) is 0 Å². The third-order valence-corrected chi connectivity index (χ3v) is 1.93. The van der Waals surface area contributed by atoms with Crippen molar-refractivity contribution in [1.82, 2.24) is 5.43 Å². The SMILES string of the molecule is CC1(C)C[C@@H](C(=O)NN)CO1.Cl. The second-order valence-electron chi connectivity index (χ2n) is 3.48. The number of rotatable bonds is 1. The number of carbonyl (C=O) groups is 1. The van der Waals surface area contributed by atoms with Crippen LogP contribution in [0.4, 0.5) is 0 Å². The first-order valence-electron chi connectivity index (χ1n) is 3.69. The lowest BCUT2D eigenvalue weighted by atomic mass is 9.97. The first-order chi connectivity index (χ1) is 5.05. The zero-order valence-corrected chi connectivity index (χ0v) is 8.11. The molecule has 0 aromatic rings. The molecule has 0 aromatic heterocycles. The van der Waals surface area contributed by atoms with Crippen LogP contribution in [-0.2, 0) is 9.53 Å². The molecule has 1 aliphatic heterocycles. The fourth-order valence-electron chi connectivity index (χ4n) is 1.32. The molecular weight excluding hydrogens is 180 g/mol. The number of hydrazine groups is 1. The number of ether oxygens (including phenoxy) is 1. The van der Waals surface area contributed by atoms with Crippen LogP contribution in [0.2, 0.25) is 0 Å². The van der Waals surface area contributed by atoms with Gasteiger partial charge in [0.15, 0.2) is 0 Å². The Bertz CT molecular complexity index is 173. The van der Waals surface area contributed by atoms with Gasteiger partial charge >= 0.3 is 0 Å². The van der Waals surface area contributed by atoms with Crippen molar-refractivity contribution in [3.05, 3.63) is 0 Å². The molecule has 0 bridgehead atoms. The molecule has 0 aromatic carbocycles. The maximum Gasteiger partial charge on any atom is 0.239 e. The molecule has 1 rings (SSSR count). The van der Waals surface area contributed by atoms with E-state index in [1.54, 1.807) is 0 Å². The average Bonchev–Trinajstić information content (AvgIpc) is 2.29. The summed E-state index contributed by atoms with van der Waals surface area (Å²) in [6.07, 6.45) is 0.746. The molecule has 4 nitrogen and oxygen atoms in total. The van der Waals surface area contributed by atoms with Crippen molar-refractivity contribution in [2.24, 2.45) is 11.8 Å². The van der Waals surface area contributed by atoms with E-state index in [2.05, 4.69) is 5.43 Å². The van der Waals surface area contributed by atoms with Crippen LogP contribution in [0.5, 0.6) is 0 Å². The van der Waals surface area contributed by atoms with Crippen molar-refractivity contribution >= 4 is 18.3 Å². The quantitative estimate of drug-likeness (QED) is 0.357. The summed E-state index contributed by atoms with van der Waals surface area (Å²) < 4.78 is 5.36. The van der Waals surface area contributed by atoms with Gasteiger partial charge in [-0.25, -0.2) is 5.84 Å². The molecule has 1 amide bonds. The molecule has 0 unspecified atom stereocenters. The second kappa shape index (κ2) is 4.07. The van der Waals surface area contributed by atoms with Crippen molar-refractivity contribution in [2.75, 3.05) is 6.61 Å². The van der Waals surface area contributed by atoms with Crippen molar-refractivity contribution < 1.29 is 9.53 Å². The molecule has 12 heavy (non-hydrogen) atoms. The Balaban J connectivity index is 0.00000121. The van der Waals surface area contributed by atoms with Gasteiger partial charge in [-0.3, -0.25) is 10.2 Å². The van der Waals surface area contributed by atoms with E-state index < -0.39 is 0 Å². The number of nitrogens with two attached hydrogens (primary N) is 1.